The molecule has 2 aromatic rings. The topological polar surface area (TPSA) is 74.2 Å². The zero-order chi connectivity index (χ0) is 13.8. The van der Waals surface area contributed by atoms with Crippen LogP contribution in [0.4, 0.5) is 4.39 Å². The van der Waals surface area contributed by atoms with E-state index in [9.17, 15) is 4.39 Å². The van der Waals surface area contributed by atoms with Crippen LogP contribution in [0.25, 0.3) is 0 Å². The zero-order valence-electron chi connectivity index (χ0n) is 11.2. The van der Waals surface area contributed by atoms with E-state index in [0.29, 0.717) is 11.7 Å². The molecule has 0 saturated carbocycles. The maximum Gasteiger partial charge on any atom is 0.231 e. The van der Waals surface area contributed by atoms with Gasteiger partial charge < -0.3 is 15.0 Å². The van der Waals surface area contributed by atoms with Gasteiger partial charge in [-0.25, -0.2) is 4.39 Å². The largest absolute Gasteiger partial charge is 0.482 e. The molecule has 2 atom stereocenters. The monoisotopic (exact) mass is 301 g/mol. The van der Waals surface area contributed by atoms with Crippen LogP contribution in [0, 0.1) is 5.82 Å². The van der Waals surface area contributed by atoms with E-state index in [-0.39, 0.29) is 36.7 Å². The van der Waals surface area contributed by atoms with Crippen molar-refractivity contribution in [2.45, 2.75) is 32.4 Å². The average Bonchev–Trinajstić information content (AvgIpc) is 2.85. The molecule has 0 bridgehead atoms. The molecule has 1 aromatic heterocycles. The first-order chi connectivity index (χ1) is 9.08. The van der Waals surface area contributed by atoms with Crippen molar-refractivity contribution in [3.05, 3.63) is 41.8 Å². The summed E-state index contributed by atoms with van der Waals surface area (Å²) in [5.74, 6) is 0.534. The zero-order valence-corrected chi connectivity index (χ0v) is 12.1. The predicted molar refractivity (Wildman–Crippen MR) is 74.3 cm³/mol. The molecule has 7 heteroatoms. The molecule has 0 aliphatic rings. The molecule has 0 aliphatic carbocycles. The molecule has 2 unspecified atom stereocenters. The van der Waals surface area contributed by atoms with Gasteiger partial charge in [0.2, 0.25) is 11.7 Å². The molecule has 0 saturated heterocycles. The van der Waals surface area contributed by atoms with Gasteiger partial charge in [0.15, 0.2) is 18.2 Å². The number of aromatic nitrogens is 2. The fourth-order valence-electron chi connectivity index (χ4n) is 1.44. The number of para-hydroxylation sites is 1. The molecule has 110 valence electrons. The Morgan fingerprint density at radius 2 is 2.05 bits per heavy atom. The van der Waals surface area contributed by atoms with E-state index < -0.39 is 5.82 Å². The molecular formula is C13H17ClFN3O2. The van der Waals surface area contributed by atoms with Gasteiger partial charge in [-0.3, -0.25) is 0 Å². The minimum Gasteiger partial charge on any atom is -0.482 e. The second-order valence-corrected chi connectivity index (χ2v) is 4.42. The Morgan fingerprint density at radius 1 is 1.35 bits per heavy atom. The third-order valence-corrected chi connectivity index (χ3v) is 2.86. The number of benzene rings is 1. The second-order valence-electron chi connectivity index (χ2n) is 4.42. The molecule has 0 radical (unpaired) electrons. The third-order valence-electron chi connectivity index (χ3n) is 2.86. The van der Waals surface area contributed by atoms with Gasteiger partial charge in [0.25, 0.3) is 0 Å². The highest BCUT2D eigenvalue weighted by Crippen LogP contribution is 2.18. The average molecular weight is 302 g/mol. The van der Waals surface area contributed by atoms with Crippen LogP contribution in [0.15, 0.2) is 28.8 Å². The summed E-state index contributed by atoms with van der Waals surface area (Å²) in [5, 5.41) is 3.78. The van der Waals surface area contributed by atoms with Gasteiger partial charge in [-0.2, -0.15) is 4.98 Å². The molecule has 1 heterocycles. The minimum absolute atomic E-state index is 0. The number of rotatable bonds is 5. The van der Waals surface area contributed by atoms with E-state index in [1.54, 1.807) is 18.2 Å². The first kappa shape index (κ1) is 16.4. The fraction of sp³-hybridized carbons (Fsp3) is 0.385. The Bertz CT molecular complexity index is 548. The molecule has 5 nitrogen and oxygen atoms in total. The number of nitrogens with two attached hydrogens (primary N) is 1. The normalized spacial score (nSPS) is 13.4. The lowest BCUT2D eigenvalue weighted by Crippen LogP contribution is -2.22. The molecule has 0 amide bonds. The van der Waals surface area contributed by atoms with Gasteiger partial charge in [0.1, 0.15) is 0 Å². The van der Waals surface area contributed by atoms with Crippen molar-refractivity contribution in [2.75, 3.05) is 0 Å². The first-order valence-electron chi connectivity index (χ1n) is 6.03. The van der Waals surface area contributed by atoms with Gasteiger partial charge in [0.05, 0.1) is 5.92 Å². The summed E-state index contributed by atoms with van der Waals surface area (Å²) in [7, 11) is 0. The second kappa shape index (κ2) is 7.21. The van der Waals surface area contributed by atoms with Crippen molar-refractivity contribution < 1.29 is 13.7 Å². The van der Waals surface area contributed by atoms with Gasteiger partial charge in [0, 0.05) is 6.04 Å². The number of halogens is 2. The Morgan fingerprint density at radius 3 is 2.70 bits per heavy atom. The molecule has 20 heavy (non-hydrogen) atoms. The summed E-state index contributed by atoms with van der Waals surface area (Å²) in [5.41, 5.74) is 5.75. The van der Waals surface area contributed by atoms with Gasteiger partial charge in [-0.1, -0.05) is 24.2 Å². The first-order valence-corrected chi connectivity index (χ1v) is 6.03. The molecule has 0 spiro atoms. The van der Waals surface area contributed by atoms with Crippen LogP contribution in [0.1, 0.15) is 31.5 Å². The Hall–Kier alpha value is -1.66. The maximum atomic E-state index is 13.3. The highest BCUT2D eigenvalue weighted by molar-refractivity contribution is 5.85. The Balaban J connectivity index is 0.00000200. The summed E-state index contributed by atoms with van der Waals surface area (Å²) in [6.07, 6.45) is 0. The van der Waals surface area contributed by atoms with E-state index >= 15 is 0 Å². The van der Waals surface area contributed by atoms with Crippen molar-refractivity contribution in [3.8, 4) is 5.75 Å². The van der Waals surface area contributed by atoms with Crippen molar-refractivity contribution in [1.29, 1.82) is 0 Å². The summed E-state index contributed by atoms with van der Waals surface area (Å²) in [6, 6.07) is 6.08. The van der Waals surface area contributed by atoms with Crippen LogP contribution < -0.4 is 10.5 Å². The van der Waals surface area contributed by atoms with Gasteiger partial charge in [-0.15, -0.1) is 12.4 Å². The van der Waals surface area contributed by atoms with Gasteiger partial charge in [-0.05, 0) is 19.1 Å². The van der Waals surface area contributed by atoms with Crippen molar-refractivity contribution in [1.82, 2.24) is 10.1 Å². The number of nitrogens with zero attached hydrogens (tertiary/aromatic N) is 2. The lowest BCUT2D eigenvalue weighted by molar-refractivity contribution is 0.271. The highest BCUT2D eigenvalue weighted by atomic mass is 35.5. The molecular weight excluding hydrogens is 285 g/mol. The van der Waals surface area contributed by atoms with E-state index in [1.165, 1.54) is 6.07 Å². The lowest BCUT2D eigenvalue weighted by Gasteiger charge is -2.09. The van der Waals surface area contributed by atoms with Crippen LogP contribution in [0.2, 0.25) is 0 Å². The third kappa shape index (κ3) is 3.91. The summed E-state index contributed by atoms with van der Waals surface area (Å²) in [6.45, 7) is 3.82. The number of hydrogen-bond acceptors (Lipinski definition) is 5. The van der Waals surface area contributed by atoms with Crippen molar-refractivity contribution in [3.63, 3.8) is 0 Å². The highest BCUT2D eigenvalue weighted by Gasteiger charge is 2.18. The molecule has 1 aromatic carbocycles. The lowest BCUT2D eigenvalue weighted by atomic mass is 10.1. The molecule has 2 rings (SSSR count). The number of ether oxygens (including phenoxy) is 1. The minimum atomic E-state index is -0.421. The summed E-state index contributed by atoms with van der Waals surface area (Å²) in [4.78, 5) is 4.17. The van der Waals surface area contributed by atoms with Crippen LogP contribution in [-0.2, 0) is 6.61 Å². The smallest absolute Gasteiger partial charge is 0.231 e. The summed E-state index contributed by atoms with van der Waals surface area (Å²) >= 11 is 0. The van der Waals surface area contributed by atoms with E-state index in [4.69, 9.17) is 15.0 Å². The van der Waals surface area contributed by atoms with Gasteiger partial charge >= 0.3 is 0 Å². The molecule has 0 aliphatic heterocycles. The van der Waals surface area contributed by atoms with Crippen LogP contribution >= 0.6 is 12.4 Å². The standard InChI is InChI=1S/C13H16FN3O2.ClH/c1-8(9(2)15)13-16-12(17-19-13)7-18-11-6-4-3-5-10(11)14;/h3-6,8-9H,7,15H2,1-2H3;1H. The number of hydrogen-bond donors (Lipinski definition) is 1. The molecule has 0 fully saturated rings. The molecule has 2 N–H and O–H groups in total. The predicted octanol–water partition coefficient (Wildman–Crippen LogP) is 2.66. The van der Waals surface area contributed by atoms with Crippen LogP contribution in [-0.4, -0.2) is 16.2 Å². The van der Waals surface area contributed by atoms with E-state index in [2.05, 4.69) is 10.1 Å². The van der Waals surface area contributed by atoms with E-state index in [1.807, 2.05) is 13.8 Å². The van der Waals surface area contributed by atoms with Crippen LogP contribution in [0.5, 0.6) is 5.75 Å². The SMILES string of the molecule is CC(N)C(C)c1nc(COc2ccccc2F)no1.Cl. The van der Waals surface area contributed by atoms with Crippen LogP contribution in [0.3, 0.4) is 0 Å². The van der Waals surface area contributed by atoms with Crippen molar-refractivity contribution in [2.24, 2.45) is 5.73 Å². The fourth-order valence-corrected chi connectivity index (χ4v) is 1.44. The quantitative estimate of drug-likeness (QED) is 0.919. The Kier molecular flexibility index (Phi) is 5.91. The van der Waals surface area contributed by atoms with E-state index in [0.717, 1.165) is 0 Å². The summed E-state index contributed by atoms with van der Waals surface area (Å²) < 4.78 is 23.7. The van der Waals surface area contributed by atoms with Crippen molar-refractivity contribution >= 4 is 12.4 Å². The Labute approximate surface area is 122 Å². The maximum absolute atomic E-state index is 13.3.